The van der Waals surface area contributed by atoms with Crippen LogP contribution in [-0.2, 0) is 9.05 Å². The van der Waals surface area contributed by atoms with Crippen LogP contribution in [0.1, 0.15) is 0 Å². The molecule has 46 valence electrons. The third-order valence-electron chi connectivity index (χ3n) is 0.329. The molecule has 0 bridgehead atoms. The standard InChI is InChI=1S/C4H7O3P/c1-3-6-8(5)7-4-2/h3-5H,1-2H2. The van der Waals surface area contributed by atoms with Crippen LogP contribution < -0.4 is 0 Å². The molecular weight excluding hydrogens is 127 g/mol. The van der Waals surface area contributed by atoms with E-state index in [0.717, 1.165) is 12.5 Å². The Labute approximate surface area is 49.2 Å². The van der Waals surface area contributed by atoms with Crippen molar-refractivity contribution in [2.45, 2.75) is 0 Å². The van der Waals surface area contributed by atoms with Crippen LogP contribution in [0.4, 0.5) is 0 Å². The van der Waals surface area contributed by atoms with E-state index in [9.17, 15) is 0 Å². The van der Waals surface area contributed by atoms with E-state index < -0.39 is 8.60 Å². The van der Waals surface area contributed by atoms with E-state index in [0.29, 0.717) is 0 Å². The van der Waals surface area contributed by atoms with E-state index in [1.54, 1.807) is 0 Å². The second-order valence-electron chi connectivity index (χ2n) is 0.782. The van der Waals surface area contributed by atoms with Crippen molar-refractivity contribution in [3.05, 3.63) is 25.7 Å². The van der Waals surface area contributed by atoms with Crippen LogP contribution in [0.5, 0.6) is 0 Å². The molecule has 0 aliphatic carbocycles. The molecule has 0 aliphatic heterocycles. The molecule has 3 nitrogen and oxygen atoms in total. The summed E-state index contributed by atoms with van der Waals surface area (Å²) < 4.78 is 8.75. The molecule has 0 unspecified atom stereocenters. The molecule has 0 aromatic carbocycles. The maximum atomic E-state index is 8.53. The second-order valence-corrected chi connectivity index (χ2v) is 1.68. The molecule has 0 aromatic rings. The molecule has 0 amide bonds. The highest BCUT2D eigenvalue weighted by molar-refractivity contribution is 7.40. The second kappa shape index (κ2) is 4.62. The van der Waals surface area contributed by atoms with Gasteiger partial charge in [-0.1, -0.05) is 13.2 Å². The van der Waals surface area contributed by atoms with Crippen molar-refractivity contribution < 1.29 is 13.9 Å². The van der Waals surface area contributed by atoms with Gasteiger partial charge in [-0.3, -0.25) is 0 Å². The first-order valence-electron chi connectivity index (χ1n) is 1.85. The molecule has 0 fully saturated rings. The maximum absolute atomic E-state index is 8.53. The quantitative estimate of drug-likeness (QED) is 0.468. The predicted molar refractivity (Wildman–Crippen MR) is 31.7 cm³/mol. The summed E-state index contributed by atoms with van der Waals surface area (Å²) in [5.41, 5.74) is 0. The Hall–Kier alpha value is -0.530. The van der Waals surface area contributed by atoms with Crippen molar-refractivity contribution >= 4 is 8.60 Å². The largest absolute Gasteiger partial charge is 0.458 e. The van der Waals surface area contributed by atoms with Gasteiger partial charge in [0.05, 0.1) is 12.5 Å². The summed E-state index contributed by atoms with van der Waals surface area (Å²) in [5, 5.41) is 0. The van der Waals surface area contributed by atoms with E-state index in [4.69, 9.17) is 4.89 Å². The van der Waals surface area contributed by atoms with E-state index in [2.05, 4.69) is 22.2 Å². The highest BCUT2D eigenvalue weighted by Crippen LogP contribution is 2.32. The minimum Gasteiger partial charge on any atom is -0.426 e. The zero-order chi connectivity index (χ0) is 6.41. The van der Waals surface area contributed by atoms with E-state index in [1.165, 1.54) is 0 Å². The highest BCUT2D eigenvalue weighted by Gasteiger charge is 2.00. The van der Waals surface area contributed by atoms with Crippen LogP contribution in [0.15, 0.2) is 25.7 Å². The summed E-state index contributed by atoms with van der Waals surface area (Å²) in [4.78, 5) is 8.53. The fourth-order valence-electron chi connectivity index (χ4n) is 0.152. The molecule has 0 saturated heterocycles. The Morgan fingerprint density at radius 3 is 1.88 bits per heavy atom. The van der Waals surface area contributed by atoms with E-state index in [1.807, 2.05) is 0 Å². The molecule has 1 N–H and O–H groups in total. The zero-order valence-electron chi connectivity index (χ0n) is 4.28. The average molecular weight is 134 g/mol. The summed E-state index contributed by atoms with van der Waals surface area (Å²) in [6.07, 6.45) is 2.21. The molecule has 0 spiro atoms. The highest BCUT2D eigenvalue weighted by atomic mass is 31.2. The summed E-state index contributed by atoms with van der Waals surface area (Å²) in [5.74, 6) is 0. The first-order valence-corrected chi connectivity index (χ1v) is 2.98. The zero-order valence-corrected chi connectivity index (χ0v) is 5.17. The van der Waals surface area contributed by atoms with Gasteiger partial charge >= 0.3 is 8.60 Å². The van der Waals surface area contributed by atoms with Crippen molar-refractivity contribution in [2.24, 2.45) is 0 Å². The van der Waals surface area contributed by atoms with E-state index in [-0.39, 0.29) is 0 Å². The lowest BCUT2D eigenvalue weighted by Gasteiger charge is -2.02. The molecule has 8 heavy (non-hydrogen) atoms. The maximum Gasteiger partial charge on any atom is 0.458 e. The molecule has 0 atom stereocenters. The lowest BCUT2D eigenvalue weighted by atomic mass is 11.2. The predicted octanol–water partition coefficient (Wildman–Crippen LogP) is 1.53. The smallest absolute Gasteiger partial charge is 0.426 e. The van der Waals surface area contributed by atoms with Gasteiger partial charge in [0.2, 0.25) is 0 Å². The van der Waals surface area contributed by atoms with Crippen LogP contribution in [-0.4, -0.2) is 4.89 Å². The monoisotopic (exact) mass is 134 g/mol. The molecule has 0 radical (unpaired) electrons. The normalized spacial score (nSPS) is 8.25. The Kier molecular flexibility index (Phi) is 4.32. The van der Waals surface area contributed by atoms with Gasteiger partial charge in [0.25, 0.3) is 0 Å². The van der Waals surface area contributed by atoms with Gasteiger partial charge in [-0.05, 0) is 0 Å². The molecular formula is C4H7O3P. The van der Waals surface area contributed by atoms with E-state index >= 15 is 0 Å². The molecule has 0 aliphatic rings. The first kappa shape index (κ1) is 7.47. The number of hydrogen-bond donors (Lipinski definition) is 1. The third kappa shape index (κ3) is 3.65. The van der Waals surface area contributed by atoms with Crippen LogP contribution in [0, 0.1) is 0 Å². The summed E-state index contributed by atoms with van der Waals surface area (Å²) in [6.45, 7) is 6.41. The fraction of sp³-hybridized carbons (Fsp3) is 0. The summed E-state index contributed by atoms with van der Waals surface area (Å²) >= 11 is 0. The number of rotatable bonds is 4. The SMILES string of the molecule is C=COP(O)OC=C. The van der Waals surface area contributed by atoms with Crippen molar-refractivity contribution in [1.29, 1.82) is 0 Å². The molecule has 0 saturated carbocycles. The molecule has 0 rings (SSSR count). The average Bonchev–Trinajstić information content (AvgIpc) is 1.68. The minimum atomic E-state index is -1.82. The Morgan fingerprint density at radius 2 is 1.62 bits per heavy atom. The topological polar surface area (TPSA) is 38.7 Å². The van der Waals surface area contributed by atoms with Crippen molar-refractivity contribution in [2.75, 3.05) is 0 Å². The summed E-state index contributed by atoms with van der Waals surface area (Å²) in [6, 6.07) is 0. The summed E-state index contributed by atoms with van der Waals surface area (Å²) in [7, 11) is -1.82. The number of hydrogen-bond acceptors (Lipinski definition) is 3. The molecule has 0 heterocycles. The lowest BCUT2D eigenvalue weighted by molar-refractivity contribution is 0.323. The van der Waals surface area contributed by atoms with Gasteiger partial charge < -0.3 is 13.9 Å². The van der Waals surface area contributed by atoms with Crippen LogP contribution in [0.2, 0.25) is 0 Å². The first-order chi connectivity index (χ1) is 3.81. The molecule has 4 heteroatoms. The van der Waals surface area contributed by atoms with Gasteiger partial charge in [0.1, 0.15) is 0 Å². The van der Waals surface area contributed by atoms with Crippen molar-refractivity contribution in [3.63, 3.8) is 0 Å². The van der Waals surface area contributed by atoms with Gasteiger partial charge in [0, 0.05) is 0 Å². The van der Waals surface area contributed by atoms with Crippen LogP contribution in [0.25, 0.3) is 0 Å². The Bertz CT molecular complexity index is 73.4. The van der Waals surface area contributed by atoms with Crippen molar-refractivity contribution in [1.82, 2.24) is 0 Å². The van der Waals surface area contributed by atoms with Gasteiger partial charge in [-0.2, -0.15) is 0 Å². The Morgan fingerprint density at radius 1 is 1.25 bits per heavy atom. The van der Waals surface area contributed by atoms with Crippen LogP contribution in [0.3, 0.4) is 0 Å². The minimum absolute atomic E-state index is 1.11. The van der Waals surface area contributed by atoms with Crippen LogP contribution >= 0.6 is 8.60 Å². The lowest BCUT2D eigenvalue weighted by Crippen LogP contribution is -1.73. The van der Waals surface area contributed by atoms with Crippen molar-refractivity contribution in [3.8, 4) is 0 Å². The third-order valence-corrected chi connectivity index (χ3v) is 0.988. The molecule has 0 aromatic heterocycles. The van der Waals surface area contributed by atoms with Gasteiger partial charge in [-0.25, -0.2) is 0 Å². The Balaban J connectivity index is 3.16. The fourth-order valence-corrected chi connectivity index (χ4v) is 0.457. The van der Waals surface area contributed by atoms with Gasteiger partial charge in [0.15, 0.2) is 0 Å². The van der Waals surface area contributed by atoms with Gasteiger partial charge in [-0.15, -0.1) is 0 Å².